The van der Waals surface area contributed by atoms with Crippen LogP contribution in [-0.2, 0) is 4.79 Å². The molecule has 0 radical (unpaired) electrons. The molecule has 6 heteroatoms. The normalized spacial score (nSPS) is 10.0. The molecule has 1 rings (SSSR count). The van der Waals surface area contributed by atoms with Crippen LogP contribution in [0.15, 0.2) is 18.2 Å². The largest absolute Gasteiger partial charge is 0.481 e. The van der Waals surface area contributed by atoms with Crippen LogP contribution in [0.3, 0.4) is 0 Å². The van der Waals surface area contributed by atoms with E-state index in [0.717, 1.165) is 5.56 Å². The van der Waals surface area contributed by atoms with Gasteiger partial charge in [0.2, 0.25) is 0 Å². The maximum Gasteiger partial charge on any atom is 0.305 e. The molecule has 0 aliphatic heterocycles. The monoisotopic (exact) mass is 238 g/mol. The fraction of sp³-hybridized carbons (Fsp3) is 0.364. The van der Waals surface area contributed by atoms with Crippen molar-refractivity contribution in [1.82, 2.24) is 0 Å². The molecule has 0 unspecified atom stereocenters. The highest BCUT2D eigenvalue weighted by Gasteiger charge is 2.19. The van der Waals surface area contributed by atoms with Gasteiger partial charge in [-0.2, -0.15) is 0 Å². The second kappa shape index (κ2) is 5.29. The van der Waals surface area contributed by atoms with Gasteiger partial charge in [0.05, 0.1) is 11.3 Å². The van der Waals surface area contributed by atoms with Gasteiger partial charge in [-0.05, 0) is 12.5 Å². The average Bonchev–Trinajstić information content (AvgIpc) is 2.25. The van der Waals surface area contributed by atoms with Crippen LogP contribution >= 0.6 is 0 Å². The molecule has 0 saturated heterocycles. The third-order valence-corrected chi connectivity index (χ3v) is 2.46. The van der Waals surface area contributed by atoms with Gasteiger partial charge in [0, 0.05) is 19.7 Å². The first-order valence-corrected chi connectivity index (χ1v) is 5.10. The van der Waals surface area contributed by atoms with Crippen LogP contribution in [0.5, 0.6) is 0 Å². The quantitative estimate of drug-likeness (QED) is 0.624. The van der Waals surface area contributed by atoms with E-state index in [9.17, 15) is 14.9 Å². The van der Waals surface area contributed by atoms with Crippen LogP contribution in [0.1, 0.15) is 12.0 Å². The first-order chi connectivity index (χ1) is 7.93. The fourth-order valence-corrected chi connectivity index (χ4v) is 1.66. The molecule has 1 N–H and O–H groups in total. The van der Waals surface area contributed by atoms with Gasteiger partial charge in [0.25, 0.3) is 5.69 Å². The molecule has 0 amide bonds. The summed E-state index contributed by atoms with van der Waals surface area (Å²) in [4.78, 5) is 22.5. The van der Waals surface area contributed by atoms with Crippen molar-refractivity contribution in [2.75, 3.05) is 18.5 Å². The Hall–Kier alpha value is -2.11. The van der Waals surface area contributed by atoms with Crippen molar-refractivity contribution in [1.29, 1.82) is 0 Å². The number of anilines is 1. The molecule has 17 heavy (non-hydrogen) atoms. The molecule has 0 atom stereocenters. The third kappa shape index (κ3) is 3.17. The molecule has 0 spiro atoms. The van der Waals surface area contributed by atoms with Gasteiger partial charge >= 0.3 is 5.97 Å². The number of aliphatic carboxylic acids is 1. The first-order valence-electron chi connectivity index (χ1n) is 5.10. The Balaban J connectivity index is 3.02. The van der Waals surface area contributed by atoms with Gasteiger partial charge < -0.3 is 10.0 Å². The number of hydrogen-bond donors (Lipinski definition) is 1. The summed E-state index contributed by atoms with van der Waals surface area (Å²) in [5.41, 5.74) is 1.23. The van der Waals surface area contributed by atoms with E-state index >= 15 is 0 Å². The number of rotatable bonds is 5. The number of nitro groups is 1. The van der Waals surface area contributed by atoms with Gasteiger partial charge in [-0.25, -0.2) is 0 Å². The van der Waals surface area contributed by atoms with Gasteiger partial charge in [0.1, 0.15) is 5.69 Å². The fourth-order valence-electron chi connectivity index (χ4n) is 1.66. The summed E-state index contributed by atoms with van der Waals surface area (Å²) in [6.07, 6.45) is -0.0536. The predicted molar refractivity (Wildman–Crippen MR) is 63.4 cm³/mol. The minimum Gasteiger partial charge on any atom is -0.481 e. The lowest BCUT2D eigenvalue weighted by Gasteiger charge is -2.20. The SMILES string of the molecule is Cc1cccc([N+](=O)[O-])c1N(C)CCC(=O)O. The van der Waals surface area contributed by atoms with Gasteiger partial charge in [-0.15, -0.1) is 0 Å². The molecule has 0 aromatic heterocycles. The zero-order valence-electron chi connectivity index (χ0n) is 9.71. The summed E-state index contributed by atoms with van der Waals surface area (Å²) in [6, 6.07) is 4.79. The van der Waals surface area contributed by atoms with E-state index in [4.69, 9.17) is 5.11 Å². The summed E-state index contributed by atoms with van der Waals surface area (Å²) in [5.74, 6) is -0.923. The maximum atomic E-state index is 10.9. The van der Waals surface area contributed by atoms with E-state index in [0.29, 0.717) is 5.69 Å². The summed E-state index contributed by atoms with van der Waals surface area (Å²) < 4.78 is 0. The van der Waals surface area contributed by atoms with Gasteiger partial charge in [-0.3, -0.25) is 14.9 Å². The predicted octanol–water partition coefficient (Wildman–Crippen LogP) is 1.81. The Morgan fingerprint density at radius 2 is 2.18 bits per heavy atom. The van der Waals surface area contributed by atoms with Crippen LogP contribution in [0.25, 0.3) is 0 Å². The first kappa shape index (κ1) is 13.0. The highest BCUT2D eigenvalue weighted by atomic mass is 16.6. The van der Waals surface area contributed by atoms with E-state index in [1.807, 2.05) is 0 Å². The number of benzene rings is 1. The van der Waals surface area contributed by atoms with Crippen LogP contribution in [0.2, 0.25) is 0 Å². The molecule has 0 aliphatic carbocycles. The molecule has 0 fully saturated rings. The standard InChI is InChI=1S/C11H14N2O4/c1-8-4-3-5-9(13(16)17)11(8)12(2)7-6-10(14)15/h3-5H,6-7H2,1-2H3,(H,14,15). The molecule has 0 heterocycles. The molecule has 0 bridgehead atoms. The lowest BCUT2D eigenvalue weighted by atomic mass is 10.1. The maximum absolute atomic E-state index is 10.9. The molecule has 0 saturated carbocycles. The smallest absolute Gasteiger partial charge is 0.305 e. The summed E-state index contributed by atoms with van der Waals surface area (Å²) in [5, 5.41) is 19.5. The van der Waals surface area contributed by atoms with Crippen LogP contribution in [0.4, 0.5) is 11.4 Å². The van der Waals surface area contributed by atoms with E-state index < -0.39 is 10.9 Å². The Bertz CT molecular complexity index is 445. The van der Waals surface area contributed by atoms with Crippen molar-refractivity contribution < 1.29 is 14.8 Å². The number of nitrogens with zero attached hydrogens (tertiary/aromatic N) is 2. The topological polar surface area (TPSA) is 83.7 Å². The number of carboxylic acid groups (broad SMARTS) is 1. The minimum atomic E-state index is -0.923. The highest BCUT2D eigenvalue weighted by Crippen LogP contribution is 2.30. The molecule has 6 nitrogen and oxygen atoms in total. The van der Waals surface area contributed by atoms with Crippen molar-refractivity contribution in [3.8, 4) is 0 Å². The summed E-state index contributed by atoms with van der Waals surface area (Å²) in [6.45, 7) is 2.00. The second-order valence-corrected chi connectivity index (χ2v) is 3.77. The lowest BCUT2D eigenvalue weighted by Crippen LogP contribution is -2.22. The van der Waals surface area contributed by atoms with Gasteiger partial charge in [-0.1, -0.05) is 12.1 Å². The summed E-state index contributed by atoms with van der Waals surface area (Å²) in [7, 11) is 1.65. The average molecular weight is 238 g/mol. The third-order valence-electron chi connectivity index (χ3n) is 2.46. The van der Waals surface area contributed by atoms with Crippen molar-refractivity contribution in [2.24, 2.45) is 0 Å². The molecule has 1 aromatic carbocycles. The number of carbonyl (C=O) groups is 1. The molecular weight excluding hydrogens is 224 g/mol. The zero-order valence-corrected chi connectivity index (χ0v) is 9.71. The highest BCUT2D eigenvalue weighted by molar-refractivity contribution is 5.70. The second-order valence-electron chi connectivity index (χ2n) is 3.77. The van der Waals surface area contributed by atoms with Crippen molar-refractivity contribution >= 4 is 17.3 Å². The molecule has 92 valence electrons. The zero-order chi connectivity index (χ0) is 13.0. The van der Waals surface area contributed by atoms with E-state index in [1.54, 1.807) is 31.0 Å². The van der Waals surface area contributed by atoms with E-state index in [-0.39, 0.29) is 18.7 Å². The Morgan fingerprint density at radius 3 is 2.71 bits per heavy atom. The van der Waals surface area contributed by atoms with Crippen LogP contribution in [0, 0.1) is 17.0 Å². The number of aryl methyl sites for hydroxylation is 1. The number of carboxylic acids is 1. The van der Waals surface area contributed by atoms with Gasteiger partial charge in [0.15, 0.2) is 0 Å². The molecule has 0 aliphatic rings. The lowest BCUT2D eigenvalue weighted by molar-refractivity contribution is -0.384. The number of nitro benzene ring substituents is 1. The Kier molecular flexibility index (Phi) is 4.03. The summed E-state index contributed by atoms with van der Waals surface area (Å²) >= 11 is 0. The Labute approximate surface area is 98.6 Å². The van der Waals surface area contributed by atoms with Crippen molar-refractivity contribution in [3.63, 3.8) is 0 Å². The molecular formula is C11H14N2O4. The van der Waals surface area contributed by atoms with Crippen molar-refractivity contribution in [3.05, 3.63) is 33.9 Å². The number of para-hydroxylation sites is 1. The van der Waals surface area contributed by atoms with Crippen LogP contribution < -0.4 is 4.90 Å². The van der Waals surface area contributed by atoms with Crippen molar-refractivity contribution in [2.45, 2.75) is 13.3 Å². The minimum absolute atomic E-state index is 0.00195. The van der Waals surface area contributed by atoms with E-state index in [1.165, 1.54) is 6.07 Å². The van der Waals surface area contributed by atoms with Crippen LogP contribution in [-0.4, -0.2) is 29.6 Å². The molecule has 1 aromatic rings. The number of hydrogen-bond acceptors (Lipinski definition) is 4. The van der Waals surface area contributed by atoms with E-state index in [2.05, 4.69) is 0 Å². The Morgan fingerprint density at radius 1 is 1.53 bits per heavy atom.